The summed E-state index contributed by atoms with van der Waals surface area (Å²) < 4.78 is 18.3. The van der Waals surface area contributed by atoms with Gasteiger partial charge in [-0.2, -0.15) is 0 Å². The van der Waals surface area contributed by atoms with Crippen LogP contribution in [0.25, 0.3) is 0 Å². The Hall–Kier alpha value is -2.78. The third-order valence-corrected chi connectivity index (χ3v) is 4.53. The molecule has 0 bridgehead atoms. The summed E-state index contributed by atoms with van der Waals surface area (Å²) in [6.07, 6.45) is 2.38. The van der Waals surface area contributed by atoms with Crippen molar-refractivity contribution in [1.29, 1.82) is 0 Å². The quantitative estimate of drug-likeness (QED) is 0.370. The molecular weight excluding hydrogens is 348 g/mol. The van der Waals surface area contributed by atoms with Crippen molar-refractivity contribution in [2.45, 2.75) is 45.2 Å². The molecule has 0 saturated carbocycles. The van der Waals surface area contributed by atoms with Crippen LogP contribution >= 0.6 is 0 Å². The molecule has 3 heteroatoms. The molecule has 0 aliphatic rings. The molecule has 3 nitrogen and oxygen atoms in total. The van der Waals surface area contributed by atoms with Crippen molar-refractivity contribution in [3.63, 3.8) is 0 Å². The van der Waals surface area contributed by atoms with Crippen LogP contribution in [-0.4, -0.2) is 12.4 Å². The van der Waals surface area contributed by atoms with Crippen LogP contribution in [0.1, 0.15) is 31.7 Å². The van der Waals surface area contributed by atoms with E-state index in [4.69, 9.17) is 14.2 Å². The predicted molar refractivity (Wildman–Crippen MR) is 112 cm³/mol. The van der Waals surface area contributed by atoms with E-state index < -0.39 is 0 Å². The van der Waals surface area contributed by atoms with Crippen molar-refractivity contribution >= 4 is 0 Å². The Balaban J connectivity index is 1.57. The largest absolute Gasteiger partial charge is 0.455 e. The van der Waals surface area contributed by atoms with Crippen molar-refractivity contribution in [2.24, 2.45) is 0 Å². The fraction of sp³-hybridized carbons (Fsp3) is 0.280. The third kappa shape index (κ3) is 6.75. The second-order valence-corrected chi connectivity index (χ2v) is 6.70. The van der Waals surface area contributed by atoms with Crippen molar-refractivity contribution in [1.82, 2.24) is 0 Å². The monoisotopic (exact) mass is 376 g/mol. The average Bonchev–Trinajstić information content (AvgIpc) is 2.76. The minimum atomic E-state index is -0.362. The Morgan fingerprint density at radius 2 is 1.14 bits per heavy atom. The van der Waals surface area contributed by atoms with E-state index in [0.717, 1.165) is 30.8 Å². The highest BCUT2D eigenvalue weighted by molar-refractivity contribution is 5.23. The van der Waals surface area contributed by atoms with Crippen LogP contribution < -0.4 is 9.47 Å². The summed E-state index contributed by atoms with van der Waals surface area (Å²) in [4.78, 5) is 0. The SMILES string of the molecule is CCC(CCC(Oc1ccccc1)Oc1ccccc1)OCc1ccccc1. The van der Waals surface area contributed by atoms with Crippen LogP contribution in [0, 0.1) is 0 Å². The van der Waals surface area contributed by atoms with Crippen LogP contribution in [0.4, 0.5) is 0 Å². The summed E-state index contributed by atoms with van der Waals surface area (Å²) in [7, 11) is 0. The van der Waals surface area contributed by atoms with Crippen molar-refractivity contribution in [3.8, 4) is 11.5 Å². The molecule has 0 aliphatic heterocycles. The Morgan fingerprint density at radius 1 is 0.643 bits per heavy atom. The highest BCUT2D eigenvalue weighted by atomic mass is 16.7. The third-order valence-electron chi connectivity index (χ3n) is 4.53. The van der Waals surface area contributed by atoms with Crippen LogP contribution in [-0.2, 0) is 11.3 Å². The summed E-state index contributed by atoms with van der Waals surface area (Å²) >= 11 is 0. The van der Waals surface area contributed by atoms with E-state index in [-0.39, 0.29) is 12.4 Å². The molecule has 0 heterocycles. The van der Waals surface area contributed by atoms with E-state index in [9.17, 15) is 0 Å². The fourth-order valence-corrected chi connectivity index (χ4v) is 2.96. The minimum Gasteiger partial charge on any atom is -0.455 e. The molecule has 0 N–H and O–H groups in total. The summed E-state index contributed by atoms with van der Waals surface area (Å²) in [6.45, 7) is 2.78. The lowest BCUT2D eigenvalue weighted by molar-refractivity contribution is -0.0261. The first-order chi connectivity index (χ1) is 13.8. The number of hydrogen-bond donors (Lipinski definition) is 0. The summed E-state index contributed by atoms with van der Waals surface area (Å²) in [5.41, 5.74) is 1.19. The van der Waals surface area contributed by atoms with Crippen LogP contribution in [0.15, 0.2) is 91.0 Å². The van der Waals surface area contributed by atoms with Gasteiger partial charge >= 0.3 is 0 Å². The van der Waals surface area contributed by atoms with Gasteiger partial charge in [0.05, 0.1) is 12.7 Å². The van der Waals surface area contributed by atoms with Gasteiger partial charge in [-0.15, -0.1) is 0 Å². The second kappa shape index (κ2) is 11.2. The van der Waals surface area contributed by atoms with E-state index in [1.807, 2.05) is 78.9 Å². The predicted octanol–water partition coefficient (Wildman–Crippen LogP) is 6.25. The molecule has 0 aliphatic carbocycles. The Bertz CT molecular complexity index is 733. The average molecular weight is 376 g/mol. The van der Waals surface area contributed by atoms with Crippen molar-refractivity contribution < 1.29 is 14.2 Å². The highest BCUT2D eigenvalue weighted by Gasteiger charge is 2.16. The molecular formula is C25H28O3. The first-order valence-corrected chi connectivity index (χ1v) is 9.92. The van der Waals surface area contributed by atoms with Gasteiger partial charge in [0.2, 0.25) is 6.29 Å². The Labute approximate surface area is 167 Å². The zero-order chi connectivity index (χ0) is 19.4. The molecule has 3 aromatic carbocycles. The Kier molecular flexibility index (Phi) is 7.95. The molecule has 3 aromatic rings. The normalized spacial score (nSPS) is 11.9. The van der Waals surface area contributed by atoms with Gasteiger partial charge in [0.15, 0.2) is 0 Å². The summed E-state index contributed by atoms with van der Waals surface area (Å²) in [6, 6.07) is 29.9. The van der Waals surface area contributed by atoms with Crippen molar-refractivity contribution in [3.05, 3.63) is 96.6 Å². The van der Waals surface area contributed by atoms with E-state index in [0.29, 0.717) is 6.61 Å². The number of hydrogen-bond acceptors (Lipinski definition) is 3. The molecule has 146 valence electrons. The van der Waals surface area contributed by atoms with Crippen LogP contribution in [0.5, 0.6) is 11.5 Å². The lowest BCUT2D eigenvalue weighted by Crippen LogP contribution is -2.26. The lowest BCUT2D eigenvalue weighted by atomic mass is 10.1. The molecule has 0 radical (unpaired) electrons. The van der Waals surface area contributed by atoms with Gasteiger partial charge in [-0.3, -0.25) is 0 Å². The molecule has 1 atom stereocenters. The van der Waals surface area contributed by atoms with Crippen LogP contribution in [0.2, 0.25) is 0 Å². The van der Waals surface area contributed by atoms with Gasteiger partial charge in [-0.25, -0.2) is 0 Å². The van der Waals surface area contributed by atoms with E-state index in [1.54, 1.807) is 0 Å². The smallest absolute Gasteiger partial charge is 0.241 e. The minimum absolute atomic E-state index is 0.168. The molecule has 0 spiro atoms. The fourth-order valence-electron chi connectivity index (χ4n) is 2.96. The topological polar surface area (TPSA) is 27.7 Å². The van der Waals surface area contributed by atoms with E-state index in [2.05, 4.69) is 19.1 Å². The van der Waals surface area contributed by atoms with E-state index in [1.165, 1.54) is 5.56 Å². The van der Waals surface area contributed by atoms with Gasteiger partial charge in [-0.05, 0) is 42.7 Å². The standard InChI is InChI=1S/C25H28O3/c1-2-22(26-20-21-12-6-3-7-13-21)18-19-25(27-23-14-8-4-9-15-23)28-24-16-10-5-11-17-24/h3-17,22,25H,2,18-20H2,1H3. The van der Waals surface area contributed by atoms with Gasteiger partial charge in [0.25, 0.3) is 0 Å². The van der Waals surface area contributed by atoms with Gasteiger partial charge < -0.3 is 14.2 Å². The van der Waals surface area contributed by atoms with E-state index >= 15 is 0 Å². The highest BCUT2D eigenvalue weighted by Crippen LogP contribution is 2.20. The van der Waals surface area contributed by atoms with Gasteiger partial charge in [0.1, 0.15) is 11.5 Å². The molecule has 28 heavy (non-hydrogen) atoms. The lowest BCUT2D eigenvalue weighted by Gasteiger charge is -2.23. The molecule has 0 aromatic heterocycles. The number of para-hydroxylation sites is 2. The molecule has 3 rings (SSSR count). The molecule has 0 saturated heterocycles. The number of rotatable bonds is 11. The first kappa shape index (κ1) is 20.0. The number of benzene rings is 3. The summed E-state index contributed by atoms with van der Waals surface area (Å²) in [5, 5.41) is 0. The Morgan fingerprint density at radius 3 is 1.64 bits per heavy atom. The zero-order valence-electron chi connectivity index (χ0n) is 16.4. The second-order valence-electron chi connectivity index (χ2n) is 6.70. The van der Waals surface area contributed by atoms with Crippen LogP contribution in [0.3, 0.4) is 0 Å². The maximum absolute atomic E-state index is 6.12. The number of ether oxygens (including phenoxy) is 3. The van der Waals surface area contributed by atoms with Crippen molar-refractivity contribution in [2.75, 3.05) is 0 Å². The van der Waals surface area contributed by atoms with Gasteiger partial charge in [0, 0.05) is 6.42 Å². The zero-order valence-corrected chi connectivity index (χ0v) is 16.4. The maximum atomic E-state index is 6.12. The summed E-state index contributed by atoms with van der Waals surface area (Å²) in [5.74, 6) is 1.61. The molecule has 0 fully saturated rings. The van der Waals surface area contributed by atoms with Gasteiger partial charge in [-0.1, -0.05) is 73.7 Å². The molecule has 0 amide bonds. The maximum Gasteiger partial charge on any atom is 0.241 e. The molecule has 1 unspecified atom stereocenters. The first-order valence-electron chi connectivity index (χ1n) is 9.92.